The first kappa shape index (κ1) is 41.9. The minimum absolute atomic E-state index is 0.00535. The summed E-state index contributed by atoms with van der Waals surface area (Å²) in [5, 5.41) is 13.5. The van der Waals surface area contributed by atoms with Gasteiger partial charge in [0.25, 0.3) is 17.9 Å². The number of benzene rings is 2. The maximum Gasteiger partial charge on any atom is 0.293 e. The number of rotatable bonds is 14. The highest BCUT2D eigenvalue weighted by Gasteiger charge is 2.67. The van der Waals surface area contributed by atoms with Crippen LogP contribution >= 0.6 is 11.6 Å². The monoisotopic (exact) mass is 894 g/mol. The Kier molecular flexibility index (Phi) is 10.5. The molecule has 4 aromatic heterocycles. The number of fused-ring (bicyclic) bond motifs is 5. The van der Waals surface area contributed by atoms with Crippen LogP contribution in [-0.2, 0) is 40.8 Å². The van der Waals surface area contributed by atoms with E-state index in [0.717, 1.165) is 23.0 Å². The van der Waals surface area contributed by atoms with Crippen molar-refractivity contribution in [2.24, 2.45) is 13.0 Å². The molecule has 1 unspecified atom stereocenters. The van der Waals surface area contributed by atoms with Crippen molar-refractivity contribution < 1.29 is 43.9 Å². The molecule has 4 atom stereocenters. The lowest BCUT2D eigenvalue weighted by Crippen LogP contribution is -2.38. The van der Waals surface area contributed by atoms with Gasteiger partial charge in [0, 0.05) is 37.6 Å². The second-order valence-electron chi connectivity index (χ2n) is 15.1. The number of pyridine rings is 1. The molecular weight excluding hydrogens is 861 g/mol. The largest absolute Gasteiger partial charge is 0.370 e. The third-order valence-corrected chi connectivity index (χ3v) is 11.4. The van der Waals surface area contributed by atoms with E-state index in [0.29, 0.717) is 10.7 Å². The zero-order chi connectivity index (χ0) is 43.9. The Morgan fingerprint density at radius 1 is 1.05 bits per heavy atom. The number of aryl methyl sites for hydroxylation is 1. The SMILES string of the molecule is CC(F)CCNc1ccc2c(=O)n(-c3ccc(Cl)c4c(NS(C)(=O)=O)nn(C)c34)c([C@H](Cc3cc(F)cc(F)c3)NC(=O)Cn3nc(C(F)F)c4c3C(F)(F)[C@@H]3C[C@H]43)nc2n1. The molecule has 3 N–H and O–H groups in total. The fraction of sp³-hybridized carbons (Fsp3) is 0.368. The van der Waals surface area contributed by atoms with Gasteiger partial charge in [-0.1, -0.05) is 11.6 Å². The number of nitrogens with zero attached hydrogens (tertiary/aromatic N) is 7. The summed E-state index contributed by atoms with van der Waals surface area (Å²) in [6, 6.07) is 6.46. The van der Waals surface area contributed by atoms with Gasteiger partial charge >= 0.3 is 0 Å². The van der Waals surface area contributed by atoms with Crippen LogP contribution in [0.15, 0.2) is 47.3 Å². The number of carbonyl (C=O) groups is 1. The van der Waals surface area contributed by atoms with Gasteiger partial charge in [0.05, 0.1) is 45.5 Å². The normalized spacial score (nSPS) is 17.7. The molecule has 2 aliphatic carbocycles. The van der Waals surface area contributed by atoms with Crippen molar-refractivity contribution in [1.82, 2.24) is 39.4 Å². The van der Waals surface area contributed by atoms with Crippen LogP contribution in [0.4, 0.5) is 42.4 Å². The molecule has 0 radical (unpaired) electrons. The second-order valence-corrected chi connectivity index (χ2v) is 17.2. The predicted octanol–water partition coefficient (Wildman–Crippen LogP) is 6.57. The highest BCUT2D eigenvalue weighted by molar-refractivity contribution is 7.92. The van der Waals surface area contributed by atoms with Gasteiger partial charge in [0.1, 0.15) is 41.2 Å². The van der Waals surface area contributed by atoms with Crippen LogP contribution in [0.1, 0.15) is 66.5 Å². The van der Waals surface area contributed by atoms with E-state index in [-0.39, 0.29) is 80.6 Å². The van der Waals surface area contributed by atoms with Crippen LogP contribution in [0.25, 0.3) is 27.6 Å². The number of sulfonamides is 1. The van der Waals surface area contributed by atoms with Crippen molar-refractivity contribution in [2.75, 3.05) is 22.8 Å². The van der Waals surface area contributed by atoms with Gasteiger partial charge < -0.3 is 10.6 Å². The van der Waals surface area contributed by atoms with Crippen molar-refractivity contribution >= 4 is 61.1 Å². The van der Waals surface area contributed by atoms with Crippen LogP contribution in [0.2, 0.25) is 5.02 Å². The lowest BCUT2D eigenvalue weighted by molar-refractivity contribution is -0.123. The van der Waals surface area contributed by atoms with E-state index in [9.17, 15) is 40.0 Å². The smallest absolute Gasteiger partial charge is 0.293 e. The number of nitrogens with one attached hydrogen (secondary N) is 3. The van der Waals surface area contributed by atoms with Crippen molar-refractivity contribution in [1.29, 1.82) is 0 Å². The molecule has 0 saturated heterocycles. The number of hydrogen-bond donors (Lipinski definition) is 3. The molecule has 1 saturated carbocycles. The van der Waals surface area contributed by atoms with Gasteiger partial charge in [-0.05, 0) is 67.6 Å². The van der Waals surface area contributed by atoms with Gasteiger partial charge in [0.2, 0.25) is 15.9 Å². The Morgan fingerprint density at radius 2 is 1.77 bits per heavy atom. The number of carbonyl (C=O) groups excluding carboxylic acids is 1. The van der Waals surface area contributed by atoms with E-state index in [2.05, 4.69) is 35.5 Å². The van der Waals surface area contributed by atoms with Gasteiger partial charge in [0.15, 0.2) is 11.5 Å². The molecule has 0 spiro atoms. The highest BCUT2D eigenvalue weighted by Crippen LogP contribution is 2.68. The van der Waals surface area contributed by atoms with E-state index >= 15 is 8.78 Å². The van der Waals surface area contributed by atoms with Gasteiger partial charge in [-0.15, -0.1) is 0 Å². The molecule has 1 amide bonds. The summed E-state index contributed by atoms with van der Waals surface area (Å²) < 4.78 is 132. The van der Waals surface area contributed by atoms with Crippen LogP contribution in [0, 0.1) is 17.6 Å². The van der Waals surface area contributed by atoms with Crippen LogP contribution in [0.3, 0.4) is 0 Å². The molecule has 6 aromatic rings. The Balaban J connectivity index is 1.32. The molecular formula is C38H34ClF7N10O4S. The quantitative estimate of drug-likeness (QED) is 0.102. The van der Waals surface area contributed by atoms with Crippen molar-refractivity contribution in [3.8, 4) is 5.69 Å². The second kappa shape index (κ2) is 15.3. The molecule has 8 rings (SSSR count). The summed E-state index contributed by atoms with van der Waals surface area (Å²) >= 11 is 6.59. The molecule has 322 valence electrons. The van der Waals surface area contributed by atoms with Gasteiger partial charge in [-0.2, -0.15) is 19.0 Å². The minimum Gasteiger partial charge on any atom is -0.370 e. The third-order valence-electron chi connectivity index (χ3n) is 10.5. The zero-order valence-electron chi connectivity index (χ0n) is 32.2. The topological polar surface area (TPSA) is 171 Å². The first-order valence-electron chi connectivity index (χ1n) is 18.7. The summed E-state index contributed by atoms with van der Waals surface area (Å²) in [6.45, 7) is 0.497. The zero-order valence-corrected chi connectivity index (χ0v) is 33.7. The summed E-state index contributed by atoms with van der Waals surface area (Å²) in [5.74, 6) is -9.10. The van der Waals surface area contributed by atoms with Gasteiger partial charge in [-0.25, -0.2) is 40.3 Å². The first-order chi connectivity index (χ1) is 28.7. The van der Waals surface area contributed by atoms with Crippen LogP contribution < -0.4 is 20.9 Å². The summed E-state index contributed by atoms with van der Waals surface area (Å²) in [5.41, 5.74) is -3.04. The molecule has 2 aromatic carbocycles. The molecule has 2 aliphatic rings. The Morgan fingerprint density at radius 3 is 2.44 bits per heavy atom. The average molecular weight is 895 g/mol. The molecule has 1 fully saturated rings. The highest BCUT2D eigenvalue weighted by atomic mass is 35.5. The van der Waals surface area contributed by atoms with Crippen LogP contribution in [-0.4, -0.2) is 67.4 Å². The van der Waals surface area contributed by atoms with E-state index < -0.39 is 93.9 Å². The molecule has 14 nitrogen and oxygen atoms in total. The summed E-state index contributed by atoms with van der Waals surface area (Å²) in [7, 11) is -2.50. The lowest BCUT2D eigenvalue weighted by Gasteiger charge is -2.24. The lowest BCUT2D eigenvalue weighted by atomic mass is 10.0. The standard InChI is InChI=1S/C38H34ClF7N10O4S/c1-16(40)8-9-47-26-7-4-20-34(49-26)50-36(56(37(20)58)25-6-5-23(39)29-31(25)54(2)52-35(29)53-61(3,59)60)24(12-17-10-18(41)13-19(42)11-17)48-27(57)15-55-32-28(30(51-55)33(43)44)21-14-22(21)38(32,45)46/h4-7,10-11,13,16,21-22,24,33H,8-9,12,14-15H2,1-3H3,(H,47,49)(H,48,57)(H,52,53)/t16?,21-,22+,24-/m0/s1. The number of hydrogen-bond acceptors (Lipinski definition) is 9. The molecule has 61 heavy (non-hydrogen) atoms. The van der Waals surface area contributed by atoms with Gasteiger partial charge in [-0.3, -0.25) is 28.2 Å². The van der Waals surface area contributed by atoms with Crippen LogP contribution in [0.5, 0.6) is 0 Å². The minimum atomic E-state index is -3.92. The maximum atomic E-state index is 15.5. The Hall–Kier alpha value is -5.77. The number of amides is 1. The Bertz CT molecular complexity index is 2920. The van der Waals surface area contributed by atoms with E-state index in [4.69, 9.17) is 11.6 Å². The molecule has 0 aliphatic heterocycles. The Labute approximate surface area is 346 Å². The number of aromatic nitrogens is 7. The molecule has 23 heteroatoms. The van der Waals surface area contributed by atoms with Crippen molar-refractivity contribution in [3.63, 3.8) is 0 Å². The number of alkyl halides is 5. The van der Waals surface area contributed by atoms with E-state index in [1.54, 1.807) is 0 Å². The summed E-state index contributed by atoms with van der Waals surface area (Å²) in [4.78, 5) is 38.0. The summed E-state index contributed by atoms with van der Waals surface area (Å²) in [6.07, 6.45) is -3.91. The number of anilines is 2. The van der Waals surface area contributed by atoms with Crippen molar-refractivity contribution in [3.05, 3.63) is 97.8 Å². The predicted molar refractivity (Wildman–Crippen MR) is 209 cm³/mol. The third kappa shape index (κ3) is 7.86. The van der Waals surface area contributed by atoms with E-state index in [1.165, 1.54) is 42.9 Å². The average Bonchev–Trinajstić information content (AvgIpc) is 3.69. The molecule has 4 heterocycles. The van der Waals surface area contributed by atoms with E-state index in [1.807, 2.05) is 0 Å². The number of halogens is 8. The van der Waals surface area contributed by atoms with Crippen molar-refractivity contribution in [2.45, 2.75) is 63.2 Å². The molecule has 0 bridgehead atoms. The first-order valence-corrected chi connectivity index (χ1v) is 20.9. The fourth-order valence-corrected chi connectivity index (χ4v) is 8.69. The fourth-order valence-electron chi connectivity index (χ4n) is 7.96. The maximum absolute atomic E-state index is 15.5.